The number of hydrogen-bond acceptors (Lipinski definition) is 4. The first-order chi connectivity index (χ1) is 16.3. The van der Waals surface area contributed by atoms with Crippen molar-refractivity contribution in [3.8, 4) is 11.1 Å². The molecule has 6 rings (SSSR count). The van der Waals surface area contributed by atoms with E-state index in [9.17, 15) is 4.79 Å². The highest BCUT2D eigenvalue weighted by Gasteiger charge is 2.43. The van der Waals surface area contributed by atoms with Crippen LogP contribution in [0.1, 0.15) is 28.0 Å². The van der Waals surface area contributed by atoms with Crippen molar-refractivity contribution in [1.29, 1.82) is 0 Å². The molecule has 2 aromatic carbocycles. The molecule has 2 aliphatic rings. The van der Waals surface area contributed by atoms with Crippen molar-refractivity contribution in [2.24, 2.45) is 7.05 Å². The van der Waals surface area contributed by atoms with Crippen LogP contribution in [-0.4, -0.2) is 54.4 Å². The zero-order chi connectivity index (χ0) is 23.6. The summed E-state index contributed by atoms with van der Waals surface area (Å²) in [4.78, 5) is 20.7. The molecule has 0 unspecified atom stereocenters. The van der Waals surface area contributed by atoms with Crippen LogP contribution >= 0.6 is 0 Å². The van der Waals surface area contributed by atoms with E-state index in [2.05, 4.69) is 15.0 Å². The lowest BCUT2D eigenvalue weighted by atomic mass is 9.59. The number of aromatic nitrogens is 3. The first kappa shape index (κ1) is 21.0. The van der Waals surface area contributed by atoms with Crippen LogP contribution in [0.25, 0.3) is 22.0 Å². The molecule has 164 valence electrons. The zero-order valence-corrected chi connectivity index (χ0v) is 18.7. The van der Waals surface area contributed by atoms with Gasteiger partial charge < -0.3 is 9.80 Å². The Labute approximate surface area is 199 Å². The maximum atomic E-state index is 15.8. The number of hydrogen-bond donors (Lipinski definition) is 0. The molecular weight excluding hydrogens is 427 g/mol. The Hall–Kier alpha value is -3.61. The molecule has 9 heteroatoms. The SMILES string of the molecule is [B]C1([B])c2ncccc2C(=O)N1Cc1c(F)cc(-c2cccc3nn(C)cc23)cc1N1CCC1. The Balaban J connectivity index is 1.46. The van der Waals surface area contributed by atoms with Crippen LogP contribution in [-0.2, 0) is 18.9 Å². The fraction of sp³-hybridized carbons (Fsp3) is 0.240. The second kappa shape index (κ2) is 7.45. The fourth-order valence-corrected chi connectivity index (χ4v) is 4.89. The number of carbonyl (C=O) groups is 1. The number of benzene rings is 2. The Kier molecular flexibility index (Phi) is 4.59. The van der Waals surface area contributed by atoms with E-state index in [1.165, 1.54) is 11.0 Å². The predicted octanol–water partition coefficient (Wildman–Crippen LogP) is 3.09. The van der Waals surface area contributed by atoms with Gasteiger partial charge in [0.25, 0.3) is 5.91 Å². The molecule has 4 aromatic rings. The van der Waals surface area contributed by atoms with Crippen LogP contribution in [0, 0.1) is 5.82 Å². The molecule has 2 aliphatic heterocycles. The summed E-state index contributed by atoms with van der Waals surface area (Å²) in [7, 11) is 14.6. The average Bonchev–Trinajstić information content (AvgIpc) is 3.24. The number of halogens is 1. The Morgan fingerprint density at radius 2 is 1.91 bits per heavy atom. The van der Waals surface area contributed by atoms with Crippen LogP contribution < -0.4 is 4.90 Å². The summed E-state index contributed by atoms with van der Waals surface area (Å²) in [6.45, 7) is 1.58. The van der Waals surface area contributed by atoms with E-state index in [0.29, 0.717) is 16.8 Å². The number of anilines is 1. The van der Waals surface area contributed by atoms with E-state index in [0.717, 1.165) is 47.2 Å². The molecule has 4 heterocycles. The van der Waals surface area contributed by atoms with Gasteiger partial charge in [-0.2, -0.15) is 5.10 Å². The third kappa shape index (κ3) is 3.06. The normalized spacial score (nSPS) is 16.7. The van der Waals surface area contributed by atoms with Crippen LogP contribution in [0.4, 0.5) is 10.1 Å². The van der Waals surface area contributed by atoms with Gasteiger partial charge in [-0.15, -0.1) is 0 Å². The third-order valence-corrected chi connectivity index (χ3v) is 6.77. The molecule has 0 atom stereocenters. The third-order valence-electron chi connectivity index (χ3n) is 6.77. The van der Waals surface area contributed by atoms with Crippen LogP contribution in [0.2, 0.25) is 0 Å². The van der Waals surface area contributed by atoms with Gasteiger partial charge in [0.15, 0.2) is 0 Å². The average molecular weight is 447 g/mol. The second-order valence-corrected chi connectivity index (χ2v) is 8.95. The van der Waals surface area contributed by atoms with Gasteiger partial charge in [-0.05, 0) is 47.9 Å². The molecule has 0 saturated carbocycles. The molecule has 2 aromatic heterocycles. The van der Waals surface area contributed by atoms with E-state index in [1.54, 1.807) is 23.0 Å². The highest BCUT2D eigenvalue weighted by atomic mass is 19.1. The summed E-state index contributed by atoms with van der Waals surface area (Å²) in [6.07, 6.45) is 4.51. The standard InChI is InChI=1S/C25H20B2FN5O/c1-31-13-18-16(5-2-7-21(18)30-31)15-11-20(28)19(22(12-15)32-9-4-10-32)14-33-24(34)17-6-3-8-29-23(17)25(33,26)27/h2-3,5-8,11-13H,4,9-10,14H2,1H3. The summed E-state index contributed by atoms with van der Waals surface area (Å²) < 4.78 is 17.6. The lowest BCUT2D eigenvalue weighted by molar-refractivity contribution is 0.0729. The molecule has 0 bridgehead atoms. The van der Waals surface area contributed by atoms with Gasteiger partial charge in [-0.3, -0.25) is 14.5 Å². The lowest BCUT2D eigenvalue weighted by Gasteiger charge is -2.38. The smallest absolute Gasteiger partial charge is 0.255 e. The number of rotatable bonds is 4. The van der Waals surface area contributed by atoms with E-state index in [1.807, 2.05) is 37.5 Å². The first-order valence-electron chi connectivity index (χ1n) is 11.2. The largest absolute Gasteiger partial charge is 0.371 e. The summed E-state index contributed by atoms with van der Waals surface area (Å²) in [6, 6.07) is 12.6. The number of nitrogens with zero attached hydrogens (tertiary/aromatic N) is 5. The zero-order valence-electron chi connectivity index (χ0n) is 18.7. The number of fused-ring (bicyclic) bond motifs is 2. The van der Waals surface area contributed by atoms with Crippen LogP contribution in [0.5, 0.6) is 0 Å². The second-order valence-electron chi connectivity index (χ2n) is 8.95. The molecule has 1 saturated heterocycles. The minimum atomic E-state index is -1.62. The van der Waals surface area contributed by atoms with Gasteiger partial charge in [-0.1, -0.05) is 12.1 Å². The molecule has 0 N–H and O–H groups in total. The van der Waals surface area contributed by atoms with Crippen molar-refractivity contribution in [2.45, 2.75) is 18.3 Å². The van der Waals surface area contributed by atoms with E-state index in [4.69, 9.17) is 15.7 Å². The van der Waals surface area contributed by atoms with E-state index >= 15 is 4.39 Å². The monoisotopic (exact) mass is 447 g/mol. The topological polar surface area (TPSA) is 54.3 Å². The lowest BCUT2D eigenvalue weighted by Crippen LogP contribution is -2.45. The van der Waals surface area contributed by atoms with Gasteiger partial charge in [0.1, 0.15) is 5.82 Å². The minimum absolute atomic E-state index is 0.0583. The highest BCUT2D eigenvalue weighted by Crippen LogP contribution is 2.39. The van der Waals surface area contributed by atoms with Gasteiger partial charge in [0.05, 0.1) is 39.0 Å². The molecule has 0 spiro atoms. The molecule has 1 fully saturated rings. The van der Waals surface area contributed by atoms with Crippen LogP contribution in [0.15, 0.2) is 54.9 Å². The summed E-state index contributed by atoms with van der Waals surface area (Å²) in [5, 5.41) is 3.80. The number of pyridine rings is 1. The van der Waals surface area contributed by atoms with Crippen molar-refractivity contribution in [1.82, 2.24) is 19.7 Å². The maximum absolute atomic E-state index is 15.8. The summed E-state index contributed by atoms with van der Waals surface area (Å²) in [5.74, 6) is -0.765. The molecule has 4 radical (unpaired) electrons. The Morgan fingerprint density at radius 1 is 1.12 bits per heavy atom. The number of amides is 1. The predicted molar refractivity (Wildman–Crippen MR) is 130 cm³/mol. The van der Waals surface area contributed by atoms with Crippen molar-refractivity contribution >= 4 is 38.2 Å². The minimum Gasteiger partial charge on any atom is -0.371 e. The number of aryl methyl sites for hydroxylation is 1. The van der Waals surface area contributed by atoms with Crippen LogP contribution in [0.3, 0.4) is 0 Å². The van der Waals surface area contributed by atoms with Gasteiger partial charge >= 0.3 is 0 Å². The Morgan fingerprint density at radius 3 is 2.65 bits per heavy atom. The fourth-order valence-electron chi connectivity index (χ4n) is 4.89. The summed E-state index contributed by atoms with van der Waals surface area (Å²) >= 11 is 0. The van der Waals surface area contributed by atoms with Gasteiger partial charge in [0, 0.05) is 54.5 Å². The molecule has 1 amide bonds. The maximum Gasteiger partial charge on any atom is 0.255 e. The van der Waals surface area contributed by atoms with E-state index in [-0.39, 0.29) is 12.5 Å². The quantitative estimate of drug-likeness (QED) is 0.452. The molecular formula is C25H20B2FN5O. The molecule has 34 heavy (non-hydrogen) atoms. The molecule has 6 nitrogen and oxygen atoms in total. The van der Waals surface area contributed by atoms with Crippen molar-refractivity contribution < 1.29 is 9.18 Å². The Bertz CT molecular complexity index is 1460. The van der Waals surface area contributed by atoms with Crippen molar-refractivity contribution in [3.05, 3.63) is 77.5 Å². The van der Waals surface area contributed by atoms with Crippen molar-refractivity contribution in [3.63, 3.8) is 0 Å². The van der Waals surface area contributed by atoms with E-state index < -0.39 is 11.2 Å². The molecule has 0 aliphatic carbocycles. The van der Waals surface area contributed by atoms with Crippen molar-refractivity contribution in [2.75, 3.05) is 18.0 Å². The number of carbonyl (C=O) groups excluding carboxylic acids is 1. The first-order valence-corrected chi connectivity index (χ1v) is 11.2. The summed E-state index contributed by atoms with van der Waals surface area (Å²) in [5.41, 5.74) is 4.28. The van der Waals surface area contributed by atoms with Gasteiger partial charge in [-0.25, -0.2) is 4.39 Å². The highest BCUT2D eigenvalue weighted by molar-refractivity contribution is 6.42. The van der Waals surface area contributed by atoms with Gasteiger partial charge in [0.2, 0.25) is 0 Å².